The van der Waals surface area contributed by atoms with Gasteiger partial charge in [-0.2, -0.15) is 0 Å². The summed E-state index contributed by atoms with van der Waals surface area (Å²) in [4.78, 5) is 23.4. The van der Waals surface area contributed by atoms with Crippen molar-refractivity contribution >= 4 is 11.8 Å². The van der Waals surface area contributed by atoms with Crippen LogP contribution in [-0.2, 0) is 25.5 Å². The predicted octanol–water partition coefficient (Wildman–Crippen LogP) is 2.32. The Morgan fingerprint density at radius 2 is 1.90 bits per heavy atom. The van der Waals surface area contributed by atoms with Crippen molar-refractivity contribution in [1.82, 2.24) is 0 Å². The van der Waals surface area contributed by atoms with Crippen LogP contribution in [0.1, 0.15) is 18.9 Å². The van der Waals surface area contributed by atoms with Gasteiger partial charge in [-0.05, 0) is 12.5 Å². The van der Waals surface area contributed by atoms with Crippen molar-refractivity contribution in [1.29, 1.82) is 0 Å². The van der Waals surface area contributed by atoms with E-state index in [0.717, 1.165) is 5.56 Å². The summed E-state index contributed by atoms with van der Waals surface area (Å²) in [5.74, 6) is -0.730. The summed E-state index contributed by atoms with van der Waals surface area (Å²) in [6, 6.07) is 9.50. The summed E-state index contributed by atoms with van der Waals surface area (Å²) < 4.78 is 10.4. The van der Waals surface area contributed by atoms with Crippen LogP contribution in [0, 0.1) is 0 Å². The largest absolute Gasteiger partial charge is 0.452 e. The first-order valence-corrected chi connectivity index (χ1v) is 6.47. The lowest BCUT2D eigenvalue weighted by Gasteiger charge is -2.18. The van der Waals surface area contributed by atoms with Gasteiger partial charge in [-0.3, -0.25) is 4.79 Å². The van der Waals surface area contributed by atoms with Crippen LogP contribution in [0.5, 0.6) is 0 Å². The first-order chi connectivity index (χ1) is 9.58. The van der Waals surface area contributed by atoms with E-state index < -0.39 is 18.2 Å². The molecule has 2 unspecified atom stereocenters. The number of ether oxygens (including phenoxy) is 2. The van der Waals surface area contributed by atoms with Gasteiger partial charge in [-0.1, -0.05) is 36.4 Å². The summed E-state index contributed by atoms with van der Waals surface area (Å²) >= 11 is 0. The quantitative estimate of drug-likeness (QED) is 0.540. The monoisotopic (exact) mass is 276 g/mol. The minimum absolute atomic E-state index is 0.201. The number of carbonyl (C=O) groups excluding carboxylic acids is 2. The number of carbonyl (C=O) groups is 2. The van der Waals surface area contributed by atoms with Crippen molar-refractivity contribution in [3.8, 4) is 0 Å². The lowest BCUT2D eigenvalue weighted by molar-refractivity contribution is -0.164. The third kappa shape index (κ3) is 4.97. The third-order valence-electron chi connectivity index (χ3n) is 2.90. The van der Waals surface area contributed by atoms with Crippen LogP contribution in [0.25, 0.3) is 0 Å². The van der Waals surface area contributed by atoms with Crippen molar-refractivity contribution in [3.05, 3.63) is 48.6 Å². The lowest BCUT2D eigenvalue weighted by atomic mass is 10.1. The molecule has 0 aliphatic heterocycles. The molecule has 0 aromatic heterocycles. The van der Waals surface area contributed by atoms with Gasteiger partial charge >= 0.3 is 5.97 Å². The number of methoxy groups -OCH3 is 1. The smallest absolute Gasteiger partial charge is 0.336 e. The number of benzene rings is 1. The van der Waals surface area contributed by atoms with Crippen molar-refractivity contribution in [3.63, 3.8) is 0 Å². The van der Waals surface area contributed by atoms with Crippen LogP contribution in [-0.4, -0.2) is 31.1 Å². The molecule has 0 amide bonds. The SMILES string of the molecule is C=CCC(OC(=O)C(Cc1ccccc1)OC)C(C)=O. The minimum Gasteiger partial charge on any atom is -0.452 e. The standard InChI is InChI=1S/C16H20O4/c1-4-8-14(12(2)17)20-16(18)15(19-3)11-13-9-6-5-7-10-13/h4-7,9-10,14-15H,1,8,11H2,2-3H3. The van der Waals surface area contributed by atoms with Crippen molar-refractivity contribution in [2.45, 2.75) is 32.0 Å². The van der Waals surface area contributed by atoms with Gasteiger partial charge in [-0.25, -0.2) is 4.79 Å². The van der Waals surface area contributed by atoms with Crippen molar-refractivity contribution in [2.75, 3.05) is 7.11 Å². The zero-order valence-electron chi connectivity index (χ0n) is 11.9. The minimum atomic E-state index is -0.784. The second-order valence-electron chi connectivity index (χ2n) is 4.47. The van der Waals surface area contributed by atoms with Crippen molar-refractivity contribution < 1.29 is 19.1 Å². The molecule has 0 fully saturated rings. The first-order valence-electron chi connectivity index (χ1n) is 6.47. The molecule has 4 nitrogen and oxygen atoms in total. The average Bonchev–Trinajstić information content (AvgIpc) is 2.45. The van der Waals surface area contributed by atoms with E-state index in [4.69, 9.17) is 9.47 Å². The number of ketones is 1. The first kappa shape index (κ1) is 16.1. The Hall–Kier alpha value is -1.94. The van der Waals surface area contributed by atoms with Gasteiger partial charge in [0, 0.05) is 20.0 Å². The molecule has 0 bridgehead atoms. The van der Waals surface area contributed by atoms with Crippen LogP contribution in [0.4, 0.5) is 0 Å². The van der Waals surface area contributed by atoms with E-state index in [0.29, 0.717) is 12.8 Å². The van der Waals surface area contributed by atoms with Gasteiger partial charge in [0.15, 0.2) is 18.0 Å². The zero-order valence-corrected chi connectivity index (χ0v) is 11.9. The van der Waals surface area contributed by atoms with Crippen molar-refractivity contribution in [2.24, 2.45) is 0 Å². The molecule has 0 N–H and O–H groups in total. The Balaban J connectivity index is 2.66. The number of rotatable bonds is 8. The molecule has 0 spiro atoms. The summed E-state index contributed by atoms with van der Waals surface area (Å²) in [6.07, 6.45) is 0.772. The molecule has 2 atom stereocenters. The molecular weight excluding hydrogens is 256 g/mol. The Bertz CT molecular complexity index is 453. The van der Waals surface area contributed by atoms with Crippen LogP contribution >= 0.6 is 0 Å². The van der Waals surface area contributed by atoms with Gasteiger partial charge in [-0.15, -0.1) is 6.58 Å². The highest BCUT2D eigenvalue weighted by Crippen LogP contribution is 2.10. The lowest BCUT2D eigenvalue weighted by Crippen LogP contribution is -2.33. The summed E-state index contributed by atoms with van der Waals surface area (Å²) in [5.41, 5.74) is 0.972. The van der Waals surface area contributed by atoms with Gasteiger partial charge in [0.05, 0.1) is 0 Å². The molecule has 0 radical (unpaired) electrons. The van der Waals surface area contributed by atoms with Crippen LogP contribution in [0.3, 0.4) is 0 Å². The fourth-order valence-corrected chi connectivity index (χ4v) is 1.76. The summed E-state index contributed by atoms with van der Waals surface area (Å²) in [7, 11) is 1.45. The molecule has 108 valence electrons. The summed E-state index contributed by atoms with van der Waals surface area (Å²) in [5, 5.41) is 0. The van der Waals surface area contributed by atoms with E-state index in [-0.39, 0.29) is 5.78 Å². The summed E-state index contributed by atoms with van der Waals surface area (Å²) in [6.45, 7) is 4.94. The fourth-order valence-electron chi connectivity index (χ4n) is 1.76. The molecule has 1 aromatic rings. The third-order valence-corrected chi connectivity index (χ3v) is 2.90. The maximum atomic E-state index is 12.0. The second kappa shape index (κ2) is 8.27. The van der Waals surface area contributed by atoms with E-state index in [2.05, 4.69) is 6.58 Å². The normalized spacial score (nSPS) is 13.3. The van der Waals surface area contributed by atoms with E-state index >= 15 is 0 Å². The number of hydrogen-bond donors (Lipinski definition) is 0. The molecule has 4 heteroatoms. The molecular formula is C16H20O4. The Kier molecular flexibility index (Phi) is 6.67. The van der Waals surface area contributed by atoms with Gasteiger partial charge in [0.2, 0.25) is 0 Å². The Morgan fingerprint density at radius 3 is 2.40 bits per heavy atom. The highest BCUT2D eigenvalue weighted by atomic mass is 16.6. The average molecular weight is 276 g/mol. The highest BCUT2D eigenvalue weighted by molar-refractivity contribution is 5.84. The van der Waals surface area contributed by atoms with E-state index in [1.807, 2.05) is 30.3 Å². The number of esters is 1. The topological polar surface area (TPSA) is 52.6 Å². The molecule has 1 rings (SSSR count). The molecule has 0 saturated carbocycles. The van der Waals surface area contributed by atoms with Crippen LogP contribution < -0.4 is 0 Å². The van der Waals surface area contributed by atoms with Crippen LogP contribution in [0.2, 0.25) is 0 Å². The zero-order chi connectivity index (χ0) is 15.0. The Labute approximate surface area is 119 Å². The highest BCUT2D eigenvalue weighted by Gasteiger charge is 2.25. The number of hydrogen-bond acceptors (Lipinski definition) is 4. The predicted molar refractivity (Wildman–Crippen MR) is 76.3 cm³/mol. The Morgan fingerprint density at radius 1 is 1.25 bits per heavy atom. The fraction of sp³-hybridized carbons (Fsp3) is 0.375. The van der Waals surface area contributed by atoms with Gasteiger partial charge in [0.25, 0.3) is 0 Å². The maximum Gasteiger partial charge on any atom is 0.336 e. The molecule has 0 saturated heterocycles. The number of Topliss-reactive ketones (excluding diaryl/α,β-unsaturated/α-hetero) is 1. The van der Waals surface area contributed by atoms with E-state index in [9.17, 15) is 9.59 Å². The molecule has 1 aromatic carbocycles. The van der Waals surface area contributed by atoms with Crippen LogP contribution in [0.15, 0.2) is 43.0 Å². The van der Waals surface area contributed by atoms with Gasteiger partial charge < -0.3 is 9.47 Å². The maximum absolute atomic E-state index is 12.0. The molecule has 0 aliphatic rings. The van der Waals surface area contributed by atoms with E-state index in [1.54, 1.807) is 6.08 Å². The van der Waals surface area contributed by atoms with E-state index in [1.165, 1.54) is 14.0 Å². The molecule has 20 heavy (non-hydrogen) atoms. The second-order valence-corrected chi connectivity index (χ2v) is 4.47. The molecule has 0 heterocycles. The molecule has 0 aliphatic carbocycles. The van der Waals surface area contributed by atoms with Gasteiger partial charge in [0.1, 0.15) is 0 Å².